The van der Waals surface area contributed by atoms with Crippen LogP contribution in [0.2, 0.25) is 0 Å². The molecule has 2 N–H and O–H groups in total. The van der Waals surface area contributed by atoms with Gasteiger partial charge >= 0.3 is 6.01 Å². The van der Waals surface area contributed by atoms with Crippen LogP contribution in [-0.4, -0.2) is 31.9 Å². The average molecular weight is 376 g/mol. The molecule has 0 bridgehead atoms. The number of anilines is 2. The SMILES string of the molecule is CC(C)Oc1nc(NCc2ccsc2)nc(C(=O)Nc2nccs2)n1. The van der Waals surface area contributed by atoms with Gasteiger partial charge in [0.25, 0.3) is 5.91 Å². The molecule has 0 saturated heterocycles. The van der Waals surface area contributed by atoms with Crippen molar-refractivity contribution in [2.75, 3.05) is 10.6 Å². The molecule has 0 fully saturated rings. The Labute approximate surface area is 152 Å². The summed E-state index contributed by atoms with van der Waals surface area (Å²) in [6, 6.07) is 2.10. The Morgan fingerprint density at radius 2 is 2.16 bits per heavy atom. The van der Waals surface area contributed by atoms with Gasteiger partial charge < -0.3 is 10.1 Å². The van der Waals surface area contributed by atoms with E-state index in [2.05, 4.69) is 30.6 Å². The van der Waals surface area contributed by atoms with E-state index >= 15 is 0 Å². The molecule has 3 heterocycles. The predicted molar refractivity (Wildman–Crippen MR) is 97.3 cm³/mol. The quantitative estimate of drug-likeness (QED) is 0.653. The summed E-state index contributed by atoms with van der Waals surface area (Å²) >= 11 is 2.92. The van der Waals surface area contributed by atoms with Gasteiger partial charge in [0.15, 0.2) is 5.13 Å². The largest absolute Gasteiger partial charge is 0.461 e. The van der Waals surface area contributed by atoms with Crippen molar-refractivity contribution in [3.63, 3.8) is 0 Å². The second-order valence-electron chi connectivity index (χ2n) is 5.21. The number of aromatic nitrogens is 4. The minimum absolute atomic E-state index is 0.0336. The Kier molecular flexibility index (Phi) is 5.51. The van der Waals surface area contributed by atoms with Crippen LogP contribution in [-0.2, 0) is 6.54 Å². The van der Waals surface area contributed by atoms with Crippen molar-refractivity contribution < 1.29 is 9.53 Å². The Hall–Kier alpha value is -2.59. The molecular formula is C15H16N6O2S2. The number of hydrogen-bond donors (Lipinski definition) is 2. The highest BCUT2D eigenvalue weighted by Gasteiger charge is 2.16. The van der Waals surface area contributed by atoms with E-state index in [-0.39, 0.29) is 23.9 Å². The molecule has 0 aliphatic carbocycles. The molecule has 1 amide bonds. The molecule has 0 radical (unpaired) electrons. The van der Waals surface area contributed by atoms with Crippen molar-refractivity contribution in [3.05, 3.63) is 39.8 Å². The van der Waals surface area contributed by atoms with Crippen LogP contribution in [0.3, 0.4) is 0 Å². The molecule has 0 aromatic carbocycles. The molecule has 3 rings (SSSR count). The maximum absolute atomic E-state index is 12.4. The van der Waals surface area contributed by atoms with Gasteiger partial charge in [0, 0.05) is 18.1 Å². The molecule has 0 aliphatic heterocycles. The molecule has 0 unspecified atom stereocenters. The maximum Gasteiger partial charge on any atom is 0.322 e. The van der Waals surface area contributed by atoms with Crippen LogP contribution < -0.4 is 15.4 Å². The van der Waals surface area contributed by atoms with E-state index in [1.807, 2.05) is 30.7 Å². The van der Waals surface area contributed by atoms with Crippen LogP contribution in [0.5, 0.6) is 6.01 Å². The van der Waals surface area contributed by atoms with Crippen LogP contribution in [0.4, 0.5) is 11.1 Å². The summed E-state index contributed by atoms with van der Waals surface area (Å²) in [5, 5.41) is 12.0. The zero-order chi connectivity index (χ0) is 17.6. The molecule has 3 aromatic heterocycles. The predicted octanol–water partition coefficient (Wildman–Crippen LogP) is 3.04. The Morgan fingerprint density at radius 1 is 1.28 bits per heavy atom. The zero-order valence-electron chi connectivity index (χ0n) is 13.6. The lowest BCUT2D eigenvalue weighted by molar-refractivity contribution is 0.101. The van der Waals surface area contributed by atoms with Gasteiger partial charge in [0.2, 0.25) is 11.8 Å². The first-order valence-electron chi connectivity index (χ1n) is 7.48. The number of nitrogens with zero attached hydrogens (tertiary/aromatic N) is 4. The Morgan fingerprint density at radius 3 is 2.84 bits per heavy atom. The Balaban J connectivity index is 1.79. The highest BCUT2D eigenvalue weighted by atomic mass is 32.1. The summed E-state index contributed by atoms with van der Waals surface area (Å²) in [6.45, 7) is 4.26. The number of thiazole rings is 1. The van der Waals surface area contributed by atoms with Gasteiger partial charge in [-0.25, -0.2) is 4.98 Å². The summed E-state index contributed by atoms with van der Waals surface area (Å²) in [7, 11) is 0. The summed E-state index contributed by atoms with van der Waals surface area (Å²) < 4.78 is 5.52. The van der Waals surface area contributed by atoms with Crippen molar-refractivity contribution in [1.82, 2.24) is 19.9 Å². The van der Waals surface area contributed by atoms with E-state index in [1.165, 1.54) is 11.3 Å². The smallest absolute Gasteiger partial charge is 0.322 e. The number of hydrogen-bond acceptors (Lipinski definition) is 9. The van der Waals surface area contributed by atoms with Crippen LogP contribution in [0.1, 0.15) is 30.0 Å². The summed E-state index contributed by atoms with van der Waals surface area (Å²) in [6.07, 6.45) is 1.48. The molecule has 0 atom stereocenters. The van der Waals surface area contributed by atoms with E-state index in [0.29, 0.717) is 11.7 Å². The third-order valence-corrected chi connectivity index (χ3v) is 4.26. The van der Waals surface area contributed by atoms with Crippen LogP contribution in [0.15, 0.2) is 28.4 Å². The fourth-order valence-corrected chi connectivity index (χ4v) is 3.01. The molecule has 0 spiro atoms. The third kappa shape index (κ3) is 4.94. The van der Waals surface area contributed by atoms with E-state index in [4.69, 9.17) is 4.74 Å². The number of carbonyl (C=O) groups excluding carboxylic acids is 1. The van der Waals surface area contributed by atoms with Gasteiger partial charge in [-0.3, -0.25) is 10.1 Å². The maximum atomic E-state index is 12.4. The number of thiophene rings is 1. The monoisotopic (exact) mass is 376 g/mol. The number of ether oxygens (including phenoxy) is 1. The highest BCUT2D eigenvalue weighted by molar-refractivity contribution is 7.13. The van der Waals surface area contributed by atoms with Gasteiger partial charge in [0.05, 0.1) is 6.10 Å². The number of rotatable bonds is 7. The lowest BCUT2D eigenvalue weighted by Crippen LogP contribution is -2.19. The normalized spacial score (nSPS) is 10.7. The van der Waals surface area contributed by atoms with Gasteiger partial charge in [-0.05, 0) is 36.2 Å². The van der Waals surface area contributed by atoms with Gasteiger partial charge in [-0.1, -0.05) is 0 Å². The average Bonchev–Trinajstić information content (AvgIpc) is 3.25. The number of amides is 1. The van der Waals surface area contributed by atoms with E-state index in [1.54, 1.807) is 22.9 Å². The number of carbonyl (C=O) groups is 1. The summed E-state index contributed by atoms with van der Waals surface area (Å²) in [5.41, 5.74) is 1.10. The van der Waals surface area contributed by atoms with Crippen LogP contribution >= 0.6 is 22.7 Å². The first kappa shape index (κ1) is 17.2. The fraction of sp³-hybridized carbons (Fsp3) is 0.267. The first-order valence-corrected chi connectivity index (χ1v) is 9.31. The molecular weight excluding hydrogens is 360 g/mol. The second kappa shape index (κ2) is 7.99. The molecule has 0 saturated carbocycles. The van der Waals surface area contributed by atoms with Crippen molar-refractivity contribution in [2.45, 2.75) is 26.5 Å². The Bertz CT molecular complexity index is 821. The lowest BCUT2D eigenvalue weighted by atomic mass is 10.3. The third-order valence-electron chi connectivity index (χ3n) is 2.84. The van der Waals surface area contributed by atoms with Crippen molar-refractivity contribution in [2.24, 2.45) is 0 Å². The standard InChI is InChI=1S/C15H16N6O2S2/c1-9(2)23-14-19-11(12(22)20-15-16-4-6-25-15)18-13(21-14)17-7-10-3-5-24-8-10/h3-6,8-9H,7H2,1-2H3,(H,16,20,22)(H,17,18,19,21). The van der Waals surface area contributed by atoms with Crippen molar-refractivity contribution in [1.29, 1.82) is 0 Å². The highest BCUT2D eigenvalue weighted by Crippen LogP contribution is 2.15. The fourth-order valence-electron chi connectivity index (χ4n) is 1.81. The summed E-state index contributed by atoms with van der Waals surface area (Å²) in [4.78, 5) is 28.8. The first-order chi connectivity index (χ1) is 12.1. The van der Waals surface area contributed by atoms with Crippen molar-refractivity contribution in [3.8, 4) is 6.01 Å². The van der Waals surface area contributed by atoms with E-state index in [0.717, 1.165) is 5.56 Å². The lowest BCUT2D eigenvalue weighted by Gasteiger charge is -2.11. The molecule has 8 nitrogen and oxygen atoms in total. The van der Waals surface area contributed by atoms with Gasteiger partial charge in [0.1, 0.15) is 0 Å². The van der Waals surface area contributed by atoms with E-state index in [9.17, 15) is 4.79 Å². The van der Waals surface area contributed by atoms with Crippen LogP contribution in [0.25, 0.3) is 0 Å². The summed E-state index contributed by atoms with van der Waals surface area (Å²) in [5.74, 6) is -0.223. The van der Waals surface area contributed by atoms with Crippen LogP contribution in [0, 0.1) is 0 Å². The second-order valence-corrected chi connectivity index (χ2v) is 6.88. The molecule has 130 valence electrons. The number of nitrogens with one attached hydrogen (secondary N) is 2. The molecule has 0 aliphatic rings. The molecule has 25 heavy (non-hydrogen) atoms. The molecule has 3 aromatic rings. The van der Waals surface area contributed by atoms with E-state index < -0.39 is 5.91 Å². The topological polar surface area (TPSA) is 102 Å². The molecule has 10 heteroatoms. The minimum Gasteiger partial charge on any atom is -0.461 e. The zero-order valence-corrected chi connectivity index (χ0v) is 15.2. The minimum atomic E-state index is -0.468. The van der Waals surface area contributed by atoms with Gasteiger partial charge in [-0.2, -0.15) is 26.3 Å². The van der Waals surface area contributed by atoms with Gasteiger partial charge in [-0.15, -0.1) is 11.3 Å². The van der Waals surface area contributed by atoms with Crippen molar-refractivity contribution >= 4 is 39.7 Å².